The van der Waals surface area contributed by atoms with Crippen LogP contribution in [0.3, 0.4) is 0 Å². The Kier molecular flexibility index (Phi) is 4.42. The molecular weight excluding hydrogens is 292 g/mol. The Balaban J connectivity index is 1.97. The molecule has 6 nitrogen and oxygen atoms in total. The first-order chi connectivity index (χ1) is 10.9. The zero-order valence-electron chi connectivity index (χ0n) is 14.0. The topological polar surface area (TPSA) is 83.1 Å². The number of para-hydroxylation sites is 1. The Morgan fingerprint density at radius 1 is 1.39 bits per heavy atom. The van der Waals surface area contributed by atoms with Crippen LogP contribution in [0.4, 0.5) is 5.69 Å². The number of nitrogens with two attached hydrogens (primary N) is 1. The van der Waals surface area contributed by atoms with Crippen molar-refractivity contribution < 1.29 is 9.84 Å². The van der Waals surface area contributed by atoms with E-state index in [4.69, 9.17) is 10.5 Å². The molecule has 0 saturated carbocycles. The summed E-state index contributed by atoms with van der Waals surface area (Å²) < 4.78 is 5.62. The van der Waals surface area contributed by atoms with E-state index in [1.807, 2.05) is 39.0 Å². The summed E-state index contributed by atoms with van der Waals surface area (Å²) >= 11 is 0. The van der Waals surface area contributed by atoms with Crippen LogP contribution < -0.4 is 11.1 Å². The molecule has 126 valence electrons. The van der Waals surface area contributed by atoms with Gasteiger partial charge in [-0.1, -0.05) is 18.2 Å². The molecule has 2 heterocycles. The Bertz CT molecular complexity index is 597. The SMILES string of the molecule is CCOCC1NC2C(N)=Nc3ccccc3C2N1CC(C)(C)O. The second-order valence-electron chi connectivity index (χ2n) is 6.84. The average molecular weight is 318 g/mol. The molecule has 3 atom stereocenters. The molecule has 0 aromatic heterocycles. The maximum atomic E-state index is 10.4. The molecule has 1 aromatic carbocycles. The number of nitrogens with one attached hydrogen (secondary N) is 1. The lowest BCUT2D eigenvalue weighted by Crippen LogP contribution is -2.47. The van der Waals surface area contributed by atoms with Gasteiger partial charge < -0.3 is 15.6 Å². The smallest absolute Gasteiger partial charge is 0.119 e. The summed E-state index contributed by atoms with van der Waals surface area (Å²) in [4.78, 5) is 6.79. The molecule has 6 heteroatoms. The summed E-state index contributed by atoms with van der Waals surface area (Å²) in [5.74, 6) is 0.591. The third-order valence-electron chi connectivity index (χ3n) is 4.32. The highest BCUT2D eigenvalue weighted by molar-refractivity contribution is 5.92. The van der Waals surface area contributed by atoms with E-state index in [0.717, 1.165) is 11.3 Å². The van der Waals surface area contributed by atoms with E-state index in [2.05, 4.69) is 21.3 Å². The van der Waals surface area contributed by atoms with Crippen LogP contribution in [0.5, 0.6) is 0 Å². The molecule has 3 unspecified atom stereocenters. The lowest BCUT2D eigenvalue weighted by molar-refractivity contribution is -0.00427. The van der Waals surface area contributed by atoms with Gasteiger partial charge in [-0.15, -0.1) is 0 Å². The maximum absolute atomic E-state index is 10.4. The molecular formula is C17H26N4O2. The van der Waals surface area contributed by atoms with E-state index < -0.39 is 5.60 Å². The average Bonchev–Trinajstić information content (AvgIpc) is 2.83. The van der Waals surface area contributed by atoms with Crippen molar-refractivity contribution in [2.24, 2.45) is 10.7 Å². The summed E-state index contributed by atoms with van der Waals surface area (Å²) in [5, 5.41) is 13.9. The van der Waals surface area contributed by atoms with Crippen LogP contribution in [0, 0.1) is 0 Å². The predicted octanol–water partition coefficient (Wildman–Crippen LogP) is 1.14. The van der Waals surface area contributed by atoms with Crippen LogP contribution in [0.15, 0.2) is 29.3 Å². The number of fused-ring (bicyclic) bond motifs is 3. The number of nitrogens with zero attached hydrogens (tertiary/aromatic N) is 2. The van der Waals surface area contributed by atoms with E-state index in [-0.39, 0.29) is 18.2 Å². The van der Waals surface area contributed by atoms with Crippen LogP contribution in [0.1, 0.15) is 32.4 Å². The second-order valence-corrected chi connectivity index (χ2v) is 6.84. The molecule has 0 spiro atoms. The Hall–Kier alpha value is -1.47. The number of hydrogen-bond donors (Lipinski definition) is 3. The van der Waals surface area contributed by atoms with Crippen molar-refractivity contribution in [2.45, 2.75) is 44.6 Å². The fraction of sp³-hybridized carbons (Fsp3) is 0.588. The van der Waals surface area contributed by atoms with Crippen LogP contribution in [0.25, 0.3) is 0 Å². The van der Waals surface area contributed by atoms with E-state index in [9.17, 15) is 5.11 Å². The maximum Gasteiger partial charge on any atom is 0.119 e. The van der Waals surface area contributed by atoms with Crippen LogP contribution >= 0.6 is 0 Å². The van der Waals surface area contributed by atoms with Crippen molar-refractivity contribution in [3.05, 3.63) is 29.8 Å². The highest BCUT2D eigenvalue weighted by atomic mass is 16.5. The summed E-state index contributed by atoms with van der Waals surface area (Å²) in [5.41, 5.74) is 7.45. The standard InChI is InChI=1S/C17H26N4O2/c1-4-23-9-13-20-14-15(21(13)10-17(2,3)22)11-7-5-6-8-12(11)19-16(14)18/h5-8,13-15,20,22H,4,9-10H2,1-3H3,(H2,18,19). The van der Waals surface area contributed by atoms with Crippen molar-refractivity contribution in [1.82, 2.24) is 10.2 Å². The molecule has 0 radical (unpaired) electrons. The number of aliphatic imine (C=N–C) groups is 1. The molecule has 23 heavy (non-hydrogen) atoms. The Morgan fingerprint density at radius 2 is 2.13 bits per heavy atom. The molecule has 2 aliphatic rings. The van der Waals surface area contributed by atoms with Gasteiger partial charge in [-0.2, -0.15) is 0 Å². The Labute approximate surface area is 137 Å². The molecule has 0 bridgehead atoms. The quantitative estimate of drug-likeness (QED) is 0.758. The van der Waals surface area contributed by atoms with Gasteiger partial charge in [-0.3, -0.25) is 10.2 Å². The predicted molar refractivity (Wildman–Crippen MR) is 90.7 cm³/mol. The van der Waals surface area contributed by atoms with Crippen LogP contribution in [-0.4, -0.2) is 53.4 Å². The van der Waals surface area contributed by atoms with E-state index >= 15 is 0 Å². The van der Waals surface area contributed by atoms with Gasteiger partial charge in [0, 0.05) is 13.2 Å². The highest BCUT2D eigenvalue weighted by Gasteiger charge is 2.47. The number of β-amino-alcohol motifs (C(OH)–C–C–N with tert-alkyl or cyclic N) is 1. The zero-order valence-corrected chi connectivity index (χ0v) is 14.0. The Morgan fingerprint density at radius 3 is 2.83 bits per heavy atom. The normalized spacial score (nSPS) is 27.5. The largest absolute Gasteiger partial charge is 0.389 e. The van der Waals surface area contributed by atoms with E-state index in [0.29, 0.717) is 25.6 Å². The van der Waals surface area contributed by atoms with E-state index in [1.54, 1.807) is 0 Å². The summed E-state index contributed by atoms with van der Waals surface area (Å²) in [7, 11) is 0. The molecule has 3 rings (SSSR count). The van der Waals surface area contributed by atoms with Gasteiger partial charge in [0.1, 0.15) is 5.84 Å². The van der Waals surface area contributed by atoms with Gasteiger partial charge in [-0.05, 0) is 32.4 Å². The third-order valence-corrected chi connectivity index (χ3v) is 4.32. The number of aliphatic hydroxyl groups is 1. The minimum Gasteiger partial charge on any atom is -0.389 e. The highest BCUT2D eigenvalue weighted by Crippen LogP contribution is 2.40. The molecule has 1 aromatic rings. The first-order valence-electron chi connectivity index (χ1n) is 8.15. The van der Waals surface area contributed by atoms with Crippen LogP contribution in [-0.2, 0) is 4.74 Å². The summed E-state index contributed by atoms with van der Waals surface area (Å²) in [6, 6.07) is 8.06. The monoisotopic (exact) mass is 318 g/mol. The molecule has 4 N–H and O–H groups in total. The number of rotatable bonds is 5. The van der Waals surface area contributed by atoms with E-state index in [1.165, 1.54) is 0 Å². The van der Waals surface area contributed by atoms with Gasteiger partial charge in [0.2, 0.25) is 0 Å². The molecule has 2 aliphatic heterocycles. The molecule has 0 aliphatic carbocycles. The molecule has 0 amide bonds. The van der Waals surface area contributed by atoms with Gasteiger partial charge >= 0.3 is 0 Å². The minimum absolute atomic E-state index is 0.00344. The third kappa shape index (κ3) is 3.26. The van der Waals surface area contributed by atoms with Crippen molar-refractivity contribution in [3.8, 4) is 0 Å². The number of ether oxygens (including phenoxy) is 1. The number of hydrogen-bond acceptors (Lipinski definition) is 6. The lowest BCUT2D eigenvalue weighted by Gasteiger charge is -2.36. The second kappa shape index (κ2) is 6.20. The van der Waals surface area contributed by atoms with Crippen molar-refractivity contribution in [1.29, 1.82) is 0 Å². The van der Waals surface area contributed by atoms with Gasteiger partial charge in [-0.25, -0.2) is 4.99 Å². The van der Waals surface area contributed by atoms with Gasteiger partial charge in [0.15, 0.2) is 0 Å². The first kappa shape index (κ1) is 16.4. The zero-order chi connectivity index (χ0) is 16.6. The number of amidine groups is 1. The lowest BCUT2D eigenvalue weighted by atomic mass is 9.93. The fourth-order valence-electron chi connectivity index (χ4n) is 3.46. The van der Waals surface area contributed by atoms with Gasteiger partial charge in [0.25, 0.3) is 0 Å². The van der Waals surface area contributed by atoms with Crippen LogP contribution in [0.2, 0.25) is 0 Å². The molecule has 1 saturated heterocycles. The minimum atomic E-state index is -0.806. The van der Waals surface area contributed by atoms with Crippen molar-refractivity contribution >= 4 is 11.5 Å². The van der Waals surface area contributed by atoms with Crippen molar-refractivity contribution in [2.75, 3.05) is 19.8 Å². The summed E-state index contributed by atoms with van der Waals surface area (Å²) in [6.07, 6.45) is -0.00344. The first-order valence-corrected chi connectivity index (χ1v) is 8.15. The fourth-order valence-corrected chi connectivity index (χ4v) is 3.46. The number of benzene rings is 1. The van der Waals surface area contributed by atoms with Gasteiger partial charge in [0.05, 0.1) is 36.1 Å². The van der Waals surface area contributed by atoms with Crippen molar-refractivity contribution in [3.63, 3.8) is 0 Å². The summed E-state index contributed by atoms with van der Waals surface area (Å²) in [6.45, 7) is 7.36. The molecule has 1 fully saturated rings.